The number of alkyl halides is 2. The second-order valence-electron chi connectivity index (χ2n) is 3.23. The molecule has 1 aromatic carbocycles. The van der Waals surface area contributed by atoms with Gasteiger partial charge in [-0.1, -0.05) is 35.9 Å². The minimum absolute atomic E-state index is 0.624. The van der Waals surface area contributed by atoms with Gasteiger partial charge in [0, 0.05) is 5.02 Å². The number of hydrogen-bond acceptors (Lipinski definition) is 0. The Morgan fingerprint density at radius 2 is 1.79 bits per heavy atom. The Morgan fingerprint density at radius 1 is 1.21 bits per heavy atom. The van der Waals surface area contributed by atoms with Gasteiger partial charge in [-0.2, -0.15) is 0 Å². The molecule has 0 nitrogen and oxygen atoms in total. The van der Waals surface area contributed by atoms with E-state index in [-0.39, 0.29) is 0 Å². The van der Waals surface area contributed by atoms with Crippen LogP contribution in [-0.4, -0.2) is 4.33 Å². The molecule has 0 aromatic heterocycles. The van der Waals surface area contributed by atoms with Crippen molar-refractivity contribution in [1.82, 2.24) is 0 Å². The minimum atomic E-state index is -0.692. The van der Waals surface area contributed by atoms with Crippen molar-refractivity contribution in [3.05, 3.63) is 40.9 Å². The fourth-order valence-electron chi connectivity index (χ4n) is 0.976. The third-order valence-corrected chi connectivity index (χ3v) is 2.22. The second kappa shape index (κ2) is 5.06. The van der Waals surface area contributed by atoms with Crippen molar-refractivity contribution in [3.8, 4) is 0 Å². The summed E-state index contributed by atoms with van der Waals surface area (Å²) in [6.45, 7) is 1.77. The van der Waals surface area contributed by atoms with Gasteiger partial charge in [-0.25, -0.2) is 0 Å². The first-order valence-electron chi connectivity index (χ1n) is 4.27. The summed E-state index contributed by atoms with van der Waals surface area (Å²) in [6, 6.07) is 7.58. The van der Waals surface area contributed by atoms with Gasteiger partial charge in [0.1, 0.15) is 4.33 Å². The number of rotatable bonds is 3. The molecule has 0 unspecified atom stereocenters. The van der Waals surface area contributed by atoms with Gasteiger partial charge < -0.3 is 0 Å². The lowest BCUT2D eigenvalue weighted by Gasteiger charge is -2.08. The Balaban J connectivity index is 2.57. The maximum atomic E-state index is 5.82. The van der Waals surface area contributed by atoms with E-state index in [1.807, 2.05) is 36.4 Å². The molecule has 0 saturated carbocycles. The third-order valence-electron chi connectivity index (χ3n) is 1.66. The van der Waals surface area contributed by atoms with E-state index in [4.69, 9.17) is 34.8 Å². The Kier molecular flexibility index (Phi) is 4.31. The van der Waals surface area contributed by atoms with Crippen LogP contribution in [0.4, 0.5) is 0 Å². The Labute approximate surface area is 99.5 Å². The van der Waals surface area contributed by atoms with E-state index in [0.29, 0.717) is 6.42 Å². The van der Waals surface area contributed by atoms with Crippen LogP contribution < -0.4 is 0 Å². The predicted molar refractivity (Wildman–Crippen MR) is 65.2 cm³/mol. The standard InChI is InChI=1S/C11H11Cl3/c1-11(13,14)8-2-3-9-4-6-10(12)7-5-9/h2-7H,8H2,1H3/b3-2+. The van der Waals surface area contributed by atoms with Crippen LogP contribution >= 0.6 is 34.8 Å². The van der Waals surface area contributed by atoms with Gasteiger partial charge in [0.05, 0.1) is 0 Å². The molecule has 0 amide bonds. The van der Waals surface area contributed by atoms with E-state index in [9.17, 15) is 0 Å². The third kappa shape index (κ3) is 4.90. The molecule has 0 N–H and O–H groups in total. The van der Waals surface area contributed by atoms with E-state index in [2.05, 4.69) is 0 Å². The molecule has 0 saturated heterocycles. The van der Waals surface area contributed by atoms with Crippen molar-refractivity contribution in [1.29, 1.82) is 0 Å². The molecular formula is C11H11Cl3. The van der Waals surface area contributed by atoms with E-state index in [0.717, 1.165) is 10.6 Å². The van der Waals surface area contributed by atoms with Gasteiger partial charge in [-0.05, 0) is 31.0 Å². The lowest BCUT2D eigenvalue weighted by atomic mass is 10.2. The lowest BCUT2D eigenvalue weighted by molar-refractivity contribution is 0.886. The Morgan fingerprint density at radius 3 is 2.29 bits per heavy atom. The molecule has 0 fully saturated rings. The summed E-state index contributed by atoms with van der Waals surface area (Å²) in [5.74, 6) is 0. The van der Waals surface area contributed by atoms with Crippen molar-refractivity contribution in [2.24, 2.45) is 0 Å². The van der Waals surface area contributed by atoms with Gasteiger partial charge in [-0.3, -0.25) is 0 Å². The summed E-state index contributed by atoms with van der Waals surface area (Å²) >= 11 is 17.4. The first-order chi connectivity index (χ1) is 6.47. The largest absolute Gasteiger partial charge is 0.119 e. The Bertz CT molecular complexity index is 306. The van der Waals surface area contributed by atoms with E-state index in [1.165, 1.54) is 0 Å². The highest BCUT2D eigenvalue weighted by molar-refractivity contribution is 6.48. The van der Waals surface area contributed by atoms with E-state index < -0.39 is 4.33 Å². The highest BCUT2D eigenvalue weighted by Crippen LogP contribution is 2.24. The molecule has 0 aliphatic carbocycles. The average molecular weight is 250 g/mol. The van der Waals surface area contributed by atoms with Crippen LogP contribution in [0.2, 0.25) is 5.02 Å². The quantitative estimate of drug-likeness (QED) is 0.666. The molecule has 1 rings (SSSR count). The Hall–Kier alpha value is -0.170. The van der Waals surface area contributed by atoms with Crippen LogP contribution in [0.25, 0.3) is 6.08 Å². The summed E-state index contributed by atoms with van der Waals surface area (Å²) in [7, 11) is 0. The van der Waals surface area contributed by atoms with Crippen molar-refractivity contribution in [2.75, 3.05) is 0 Å². The van der Waals surface area contributed by atoms with Crippen molar-refractivity contribution in [2.45, 2.75) is 17.7 Å². The van der Waals surface area contributed by atoms with Gasteiger partial charge >= 0.3 is 0 Å². The zero-order valence-electron chi connectivity index (χ0n) is 7.81. The first kappa shape index (κ1) is 11.9. The molecule has 0 heterocycles. The summed E-state index contributed by atoms with van der Waals surface area (Å²) < 4.78 is -0.692. The van der Waals surface area contributed by atoms with E-state index >= 15 is 0 Å². The van der Waals surface area contributed by atoms with Gasteiger partial charge in [0.2, 0.25) is 0 Å². The van der Waals surface area contributed by atoms with Crippen molar-refractivity contribution >= 4 is 40.9 Å². The molecular weight excluding hydrogens is 238 g/mol. The highest BCUT2D eigenvalue weighted by Gasteiger charge is 2.12. The van der Waals surface area contributed by atoms with Crippen LogP contribution in [0.5, 0.6) is 0 Å². The molecule has 0 radical (unpaired) electrons. The maximum Gasteiger partial charge on any atom is 0.119 e. The maximum absolute atomic E-state index is 5.82. The molecule has 0 aliphatic heterocycles. The molecule has 0 aliphatic rings. The number of halogens is 3. The average Bonchev–Trinajstić information content (AvgIpc) is 2.06. The topological polar surface area (TPSA) is 0 Å². The smallest absolute Gasteiger partial charge is 0.102 e. The summed E-state index contributed by atoms with van der Waals surface area (Å²) in [5.41, 5.74) is 1.09. The van der Waals surface area contributed by atoms with Gasteiger partial charge in [-0.15, -0.1) is 23.2 Å². The first-order valence-corrected chi connectivity index (χ1v) is 5.41. The predicted octanol–water partition coefficient (Wildman–Crippen LogP) is 4.94. The molecule has 0 spiro atoms. The second-order valence-corrected chi connectivity index (χ2v) is 5.53. The fraction of sp³-hybridized carbons (Fsp3) is 0.273. The summed E-state index contributed by atoms with van der Waals surface area (Å²) in [4.78, 5) is 0. The number of hydrogen-bond donors (Lipinski definition) is 0. The van der Waals surface area contributed by atoms with Crippen LogP contribution in [-0.2, 0) is 0 Å². The molecule has 0 atom stereocenters. The summed E-state index contributed by atoms with van der Waals surface area (Å²) in [6.07, 6.45) is 4.54. The number of allylic oxidation sites excluding steroid dienone is 1. The zero-order chi connectivity index (χ0) is 10.6. The minimum Gasteiger partial charge on any atom is -0.102 e. The fourth-order valence-corrected chi connectivity index (χ4v) is 1.28. The number of benzene rings is 1. The van der Waals surface area contributed by atoms with Crippen LogP contribution in [0.1, 0.15) is 18.9 Å². The van der Waals surface area contributed by atoms with Crippen LogP contribution in [0, 0.1) is 0 Å². The molecule has 3 heteroatoms. The monoisotopic (exact) mass is 248 g/mol. The molecule has 14 heavy (non-hydrogen) atoms. The molecule has 76 valence electrons. The molecule has 0 bridgehead atoms. The van der Waals surface area contributed by atoms with E-state index in [1.54, 1.807) is 6.92 Å². The van der Waals surface area contributed by atoms with Crippen LogP contribution in [0.3, 0.4) is 0 Å². The lowest BCUT2D eigenvalue weighted by Crippen LogP contribution is -2.02. The molecule has 1 aromatic rings. The van der Waals surface area contributed by atoms with Crippen molar-refractivity contribution < 1.29 is 0 Å². The highest BCUT2D eigenvalue weighted by atomic mass is 35.5. The SMILES string of the molecule is CC(Cl)(Cl)C/C=C/c1ccc(Cl)cc1. The normalized spacial score (nSPS) is 12.3. The van der Waals surface area contributed by atoms with Crippen LogP contribution in [0.15, 0.2) is 30.3 Å². The van der Waals surface area contributed by atoms with Gasteiger partial charge in [0.15, 0.2) is 0 Å². The zero-order valence-corrected chi connectivity index (χ0v) is 10.1. The van der Waals surface area contributed by atoms with Gasteiger partial charge in [0.25, 0.3) is 0 Å². The van der Waals surface area contributed by atoms with Crippen molar-refractivity contribution in [3.63, 3.8) is 0 Å². The summed E-state index contributed by atoms with van der Waals surface area (Å²) in [5, 5.41) is 0.738.